The number of hydrogen-bond donors (Lipinski definition) is 1. The normalized spacial score (nSPS) is 15.2. The van der Waals surface area contributed by atoms with Gasteiger partial charge < -0.3 is 14.6 Å². The van der Waals surface area contributed by atoms with Crippen molar-refractivity contribution >= 4 is 16.6 Å². The number of anilines is 1. The Hall–Kier alpha value is -3.04. The van der Waals surface area contributed by atoms with Gasteiger partial charge in [0, 0.05) is 51.5 Å². The summed E-state index contributed by atoms with van der Waals surface area (Å²) in [5.41, 5.74) is 2.30. The smallest absolute Gasteiger partial charge is 0.261 e. The Morgan fingerprint density at radius 1 is 1.03 bits per heavy atom. The molecular formula is C20H24N6O3. The van der Waals surface area contributed by atoms with E-state index < -0.39 is 0 Å². The third kappa shape index (κ3) is 4.06. The molecule has 3 aromatic rings. The number of nitrogens with zero attached hydrogens (tertiary/aromatic N) is 6. The zero-order chi connectivity index (χ0) is 20.4. The number of aromatic nitrogens is 4. The molecule has 1 aliphatic heterocycles. The average Bonchev–Trinajstić information content (AvgIpc) is 2.73. The molecule has 1 saturated heterocycles. The van der Waals surface area contributed by atoms with Crippen molar-refractivity contribution in [3.63, 3.8) is 0 Å². The Balaban J connectivity index is 1.44. The molecular weight excluding hydrogens is 372 g/mol. The van der Waals surface area contributed by atoms with E-state index >= 15 is 0 Å². The molecule has 9 heteroatoms. The van der Waals surface area contributed by atoms with Crippen LogP contribution in [0.1, 0.15) is 5.69 Å². The highest BCUT2D eigenvalue weighted by Gasteiger charge is 2.18. The van der Waals surface area contributed by atoms with E-state index in [0.29, 0.717) is 17.4 Å². The molecule has 152 valence electrons. The number of aliphatic hydroxyl groups is 1. The Bertz CT molecular complexity index is 1130. The number of benzene rings is 1. The molecule has 0 radical (unpaired) electrons. The molecule has 0 saturated carbocycles. The molecule has 0 atom stereocenters. The van der Waals surface area contributed by atoms with Crippen LogP contribution in [0.2, 0.25) is 0 Å². The zero-order valence-electron chi connectivity index (χ0n) is 16.4. The molecule has 0 unspecified atom stereocenters. The summed E-state index contributed by atoms with van der Waals surface area (Å²) in [5, 5.41) is 9.61. The van der Waals surface area contributed by atoms with E-state index in [1.165, 1.54) is 15.5 Å². The van der Waals surface area contributed by atoms with E-state index in [4.69, 9.17) is 5.11 Å². The summed E-state index contributed by atoms with van der Waals surface area (Å²) in [5.74, 6) is 0. The van der Waals surface area contributed by atoms with Gasteiger partial charge in [-0.25, -0.2) is 9.97 Å². The van der Waals surface area contributed by atoms with Crippen LogP contribution < -0.4 is 16.0 Å². The van der Waals surface area contributed by atoms with Crippen LogP contribution in [0, 0.1) is 0 Å². The van der Waals surface area contributed by atoms with E-state index in [0.717, 1.165) is 37.6 Å². The molecule has 0 bridgehead atoms. The van der Waals surface area contributed by atoms with E-state index in [1.54, 1.807) is 19.4 Å². The van der Waals surface area contributed by atoms with E-state index in [2.05, 4.69) is 19.8 Å². The Labute approximate surface area is 167 Å². The van der Waals surface area contributed by atoms with Crippen LogP contribution in [0.5, 0.6) is 0 Å². The van der Waals surface area contributed by atoms with Gasteiger partial charge in [-0.15, -0.1) is 0 Å². The molecule has 3 heterocycles. The predicted octanol–water partition coefficient (Wildman–Crippen LogP) is -0.195. The number of hydrogen-bond acceptors (Lipinski definition) is 7. The summed E-state index contributed by atoms with van der Waals surface area (Å²) in [6, 6.07) is 7.29. The van der Waals surface area contributed by atoms with Crippen molar-refractivity contribution in [3.8, 4) is 0 Å². The quantitative estimate of drug-likeness (QED) is 0.638. The standard InChI is InChI=1S/C20H24N6O3/c1-23-13-21-15(10-19(23)28)12-24-4-6-25(7-5-24)16-2-3-17-18(11-16)22-14-26(8-9-27)20(17)29/h2-3,10-11,13-14,27H,4-9,12H2,1H3. The van der Waals surface area contributed by atoms with Gasteiger partial charge in [0.25, 0.3) is 11.1 Å². The Morgan fingerprint density at radius 2 is 1.83 bits per heavy atom. The lowest BCUT2D eigenvalue weighted by Crippen LogP contribution is -2.46. The molecule has 2 aromatic heterocycles. The maximum Gasteiger partial charge on any atom is 0.261 e. The van der Waals surface area contributed by atoms with Crippen LogP contribution in [0.15, 0.2) is 46.5 Å². The van der Waals surface area contributed by atoms with Crippen molar-refractivity contribution in [2.24, 2.45) is 7.05 Å². The van der Waals surface area contributed by atoms with Crippen molar-refractivity contribution in [2.45, 2.75) is 13.1 Å². The van der Waals surface area contributed by atoms with Crippen LogP contribution in [0.4, 0.5) is 5.69 Å². The van der Waals surface area contributed by atoms with Crippen molar-refractivity contribution in [2.75, 3.05) is 37.7 Å². The first-order chi connectivity index (χ1) is 14.0. The lowest BCUT2D eigenvalue weighted by molar-refractivity contribution is 0.246. The summed E-state index contributed by atoms with van der Waals surface area (Å²) in [4.78, 5) is 37.4. The van der Waals surface area contributed by atoms with Gasteiger partial charge in [0.05, 0.1) is 42.4 Å². The molecule has 9 nitrogen and oxygen atoms in total. The Morgan fingerprint density at radius 3 is 2.55 bits per heavy atom. The monoisotopic (exact) mass is 396 g/mol. The number of aryl methyl sites for hydroxylation is 1. The molecule has 1 aliphatic rings. The highest BCUT2D eigenvalue weighted by atomic mass is 16.3. The van der Waals surface area contributed by atoms with Gasteiger partial charge in [0.2, 0.25) is 0 Å². The molecule has 4 rings (SSSR count). The van der Waals surface area contributed by atoms with Crippen molar-refractivity contribution in [1.82, 2.24) is 24.0 Å². The van der Waals surface area contributed by atoms with E-state index in [9.17, 15) is 9.59 Å². The van der Waals surface area contributed by atoms with Crippen LogP contribution in [0.25, 0.3) is 10.9 Å². The topological polar surface area (TPSA) is 96.5 Å². The van der Waals surface area contributed by atoms with Crippen molar-refractivity contribution < 1.29 is 5.11 Å². The SMILES string of the molecule is Cn1cnc(CN2CCN(c3ccc4c(=O)n(CCO)cnc4c3)CC2)cc1=O. The first kappa shape index (κ1) is 19.3. The number of piperazine rings is 1. The van der Waals surface area contributed by atoms with Crippen molar-refractivity contribution in [1.29, 1.82) is 0 Å². The number of rotatable bonds is 5. The van der Waals surface area contributed by atoms with Gasteiger partial charge >= 0.3 is 0 Å². The van der Waals surface area contributed by atoms with Gasteiger partial charge in [-0.2, -0.15) is 0 Å². The lowest BCUT2D eigenvalue weighted by atomic mass is 10.2. The molecule has 29 heavy (non-hydrogen) atoms. The summed E-state index contributed by atoms with van der Waals surface area (Å²) in [6.07, 6.45) is 3.05. The maximum atomic E-state index is 12.4. The fourth-order valence-electron chi connectivity index (χ4n) is 3.59. The maximum absolute atomic E-state index is 12.4. The van der Waals surface area contributed by atoms with Crippen LogP contribution >= 0.6 is 0 Å². The first-order valence-corrected chi connectivity index (χ1v) is 9.64. The largest absolute Gasteiger partial charge is 0.395 e. The average molecular weight is 396 g/mol. The minimum absolute atomic E-state index is 0.0460. The van der Waals surface area contributed by atoms with Crippen LogP contribution in [-0.4, -0.2) is 61.9 Å². The predicted molar refractivity (Wildman–Crippen MR) is 110 cm³/mol. The second-order valence-electron chi connectivity index (χ2n) is 7.26. The van der Waals surface area contributed by atoms with Gasteiger partial charge in [0.15, 0.2) is 0 Å². The lowest BCUT2D eigenvalue weighted by Gasteiger charge is -2.36. The third-order valence-corrected chi connectivity index (χ3v) is 5.31. The molecule has 1 fully saturated rings. The first-order valence-electron chi connectivity index (χ1n) is 9.64. The highest BCUT2D eigenvalue weighted by molar-refractivity contribution is 5.81. The molecule has 0 aliphatic carbocycles. The summed E-state index contributed by atoms with van der Waals surface area (Å²) < 4.78 is 2.89. The molecule has 1 N–H and O–H groups in total. The molecule has 0 spiro atoms. The minimum atomic E-state index is -0.137. The zero-order valence-corrected chi connectivity index (χ0v) is 16.4. The number of aliphatic hydroxyl groups excluding tert-OH is 1. The van der Waals surface area contributed by atoms with E-state index in [1.807, 2.05) is 18.2 Å². The molecule has 1 aromatic carbocycles. The van der Waals surface area contributed by atoms with Gasteiger partial charge in [-0.3, -0.25) is 19.1 Å². The summed E-state index contributed by atoms with van der Waals surface area (Å²) in [7, 11) is 1.69. The third-order valence-electron chi connectivity index (χ3n) is 5.31. The van der Waals surface area contributed by atoms with Crippen LogP contribution in [-0.2, 0) is 20.1 Å². The fraction of sp³-hybridized carbons (Fsp3) is 0.400. The van der Waals surface area contributed by atoms with Gasteiger partial charge in [-0.1, -0.05) is 0 Å². The molecule has 0 amide bonds. The van der Waals surface area contributed by atoms with Crippen molar-refractivity contribution in [3.05, 3.63) is 63.3 Å². The van der Waals surface area contributed by atoms with E-state index in [-0.39, 0.29) is 24.3 Å². The second kappa shape index (κ2) is 8.14. The fourth-order valence-corrected chi connectivity index (χ4v) is 3.59. The minimum Gasteiger partial charge on any atom is -0.395 e. The second-order valence-corrected chi connectivity index (χ2v) is 7.26. The summed E-state index contributed by atoms with van der Waals surface area (Å²) in [6.45, 7) is 4.22. The van der Waals surface area contributed by atoms with Gasteiger partial charge in [-0.05, 0) is 18.2 Å². The van der Waals surface area contributed by atoms with Gasteiger partial charge in [0.1, 0.15) is 0 Å². The van der Waals surface area contributed by atoms with Crippen LogP contribution in [0.3, 0.4) is 0 Å². The Kier molecular flexibility index (Phi) is 5.41. The highest BCUT2D eigenvalue weighted by Crippen LogP contribution is 2.20. The summed E-state index contributed by atoms with van der Waals surface area (Å²) >= 11 is 0. The number of fused-ring (bicyclic) bond motifs is 1.